The molecule has 2 fully saturated rings. The fraction of sp³-hybridized carbons (Fsp3) is 0.513. The number of hydrogen-bond acceptors (Lipinski definition) is 5. The van der Waals surface area contributed by atoms with Gasteiger partial charge in [0.05, 0.1) is 25.4 Å². The number of carbonyl (C=O) groups excluding carboxylic acids is 2. The normalized spacial score (nSPS) is 18.3. The number of ether oxygens (including phenoxy) is 2. The van der Waals surface area contributed by atoms with Gasteiger partial charge in [-0.05, 0) is 102 Å². The number of Topliss-reactive ketones (excluding diaryl/α,β-unsaturated/α-hetero) is 2. The lowest BCUT2D eigenvalue weighted by Crippen LogP contribution is -2.19. The van der Waals surface area contributed by atoms with Crippen molar-refractivity contribution in [2.24, 2.45) is 7.05 Å². The Hall–Kier alpha value is -3.06. The molecule has 0 N–H and O–H groups in total. The van der Waals surface area contributed by atoms with Gasteiger partial charge in [0.1, 0.15) is 11.6 Å². The summed E-state index contributed by atoms with van der Waals surface area (Å²) in [4.78, 5) is 35.5. The molecule has 0 bridgehead atoms. The highest BCUT2D eigenvalue weighted by atomic mass is 35.5. The Balaban J connectivity index is 0.000000172. The Bertz CT molecular complexity index is 1640. The van der Waals surface area contributed by atoms with Gasteiger partial charge in [-0.15, -0.1) is 0 Å². The van der Waals surface area contributed by atoms with E-state index in [4.69, 9.17) is 21.1 Å². The molecule has 2 aromatic carbocycles. The third-order valence-corrected chi connectivity index (χ3v) is 10.5. The van der Waals surface area contributed by atoms with Crippen LogP contribution in [0.25, 0.3) is 11.1 Å². The maximum atomic E-state index is 12.1. The number of aromatic nitrogens is 1. The third-order valence-electron chi connectivity index (χ3n) is 10.1. The van der Waals surface area contributed by atoms with Gasteiger partial charge in [-0.3, -0.25) is 14.4 Å². The zero-order chi connectivity index (χ0) is 32.2. The molecule has 4 aliphatic rings. The van der Waals surface area contributed by atoms with Gasteiger partial charge in [-0.25, -0.2) is 0 Å². The predicted octanol–water partition coefficient (Wildman–Crippen LogP) is 7.73. The summed E-state index contributed by atoms with van der Waals surface area (Å²) >= 11 is 6.30. The molecule has 0 saturated heterocycles. The summed E-state index contributed by atoms with van der Waals surface area (Å²) in [6, 6.07) is 10.4. The van der Waals surface area contributed by atoms with E-state index in [0.29, 0.717) is 62.7 Å². The highest BCUT2D eigenvalue weighted by Gasteiger charge is 2.22. The first-order chi connectivity index (χ1) is 22.2. The van der Waals surface area contributed by atoms with Crippen LogP contribution >= 0.6 is 11.6 Å². The largest absolute Gasteiger partial charge is 0.374 e. The fourth-order valence-corrected chi connectivity index (χ4v) is 7.68. The minimum atomic E-state index is 0.0237. The first-order valence-corrected chi connectivity index (χ1v) is 17.5. The number of rotatable bonds is 7. The smallest absolute Gasteiger partial charge is 0.253 e. The number of nitrogens with zero attached hydrogens (tertiary/aromatic N) is 1. The summed E-state index contributed by atoms with van der Waals surface area (Å²) in [5, 5.41) is 0.742. The van der Waals surface area contributed by atoms with Gasteiger partial charge in [0.25, 0.3) is 5.56 Å². The maximum absolute atomic E-state index is 12.1. The van der Waals surface area contributed by atoms with Crippen molar-refractivity contribution in [1.29, 1.82) is 0 Å². The molecule has 0 unspecified atom stereocenters. The van der Waals surface area contributed by atoms with Crippen LogP contribution in [-0.4, -0.2) is 28.3 Å². The zero-order valence-corrected chi connectivity index (χ0v) is 28.1. The lowest BCUT2D eigenvalue weighted by Gasteiger charge is -2.21. The van der Waals surface area contributed by atoms with Crippen LogP contribution in [0.1, 0.15) is 103 Å². The first-order valence-electron chi connectivity index (χ1n) is 17.1. The standard InChI is InChI=1S/C23H27NO3.C16H19ClO2/c1-15-9-18(13-24(2)23(15)26)22-12-17-11-20(25)8-7-16(17)10-19(22)14-27-21-5-3-4-6-21;17-16-9-12-8-14(18)6-5-11(12)7-13(16)10-19-15-3-1-2-4-15/h9-10,12-13,21H,3-8,11,14H2,1-2H3;7,9,15H,1-6,8,10H2. The van der Waals surface area contributed by atoms with Gasteiger partial charge in [0, 0.05) is 49.5 Å². The Morgan fingerprint density at radius 1 is 0.696 bits per heavy atom. The van der Waals surface area contributed by atoms with Crippen LogP contribution in [-0.2, 0) is 65.0 Å². The summed E-state index contributed by atoms with van der Waals surface area (Å²) < 4.78 is 13.8. The van der Waals surface area contributed by atoms with Crippen molar-refractivity contribution in [1.82, 2.24) is 4.57 Å². The molecule has 3 aromatic rings. The second-order valence-electron chi connectivity index (χ2n) is 13.7. The second kappa shape index (κ2) is 14.8. The van der Waals surface area contributed by atoms with E-state index in [1.54, 1.807) is 11.6 Å². The van der Waals surface area contributed by atoms with Gasteiger partial charge in [-0.2, -0.15) is 0 Å². The molecule has 6 nitrogen and oxygen atoms in total. The van der Waals surface area contributed by atoms with E-state index in [9.17, 15) is 14.4 Å². The Labute approximate surface area is 277 Å². The highest BCUT2D eigenvalue weighted by molar-refractivity contribution is 6.31. The summed E-state index contributed by atoms with van der Waals surface area (Å²) in [7, 11) is 1.79. The van der Waals surface area contributed by atoms with E-state index in [2.05, 4.69) is 18.2 Å². The van der Waals surface area contributed by atoms with Gasteiger partial charge >= 0.3 is 0 Å². The summed E-state index contributed by atoms with van der Waals surface area (Å²) in [5.74, 6) is 0.624. The molecule has 0 aliphatic heterocycles. The third kappa shape index (κ3) is 7.90. The monoisotopic (exact) mass is 643 g/mol. The zero-order valence-electron chi connectivity index (χ0n) is 27.3. The molecule has 2 saturated carbocycles. The summed E-state index contributed by atoms with van der Waals surface area (Å²) in [6.45, 7) is 3.04. The van der Waals surface area contributed by atoms with Crippen LogP contribution in [0.15, 0.2) is 41.3 Å². The minimum absolute atomic E-state index is 0.0237. The van der Waals surface area contributed by atoms with E-state index in [1.807, 2.05) is 25.3 Å². The van der Waals surface area contributed by atoms with Crippen molar-refractivity contribution >= 4 is 23.2 Å². The molecule has 0 amide bonds. The van der Waals surface area contributed by atoms with Gasteiger partial charge in [0.15, 0.2) is 0 Å². The van der Waals surface area contributed by atoms with Crippen LogP contribution in [0, 0.1) is 6.92 Å². The Kier molecular flexibility index (Phi) is 10.6. The van der Waals surface area contributed by atoms with Crippen LogP contribution in [0.4, 0.5) is 0 Å². The highest BCUT2D eigenvalue weighted by Crippen LogP contribution is 2.33. The number of carbonyl (C=O) groups is 2. The summed E-state index contributed by atoms with van der Waals surface area (Å²) in [5.41, 5.74) is 9.85. The fourth-order valence-electron chi connectivity index (χ4n) is 7.44. The van der Waals surface area contributed by atoms with Crippen molar-refractivity contribution in [3.05, 3.63) is 90.8 Å². The van der Waals surface area contributed by atoms with Crippen molar-refractivity contribution in [2.45, 2.75) is 122 Å². The Morgan fingerprint density at radius 2 is 1.22 bits per heavy atom. The van der Waals surface area contributed by atoms with E-state index in [-0.39, 0.29) is 5.56 Å². The molecule has 1 aromatic heterocycles. The average molecular weight is 644 g/mol. The second-order valence-corrected chi connectivity index (χ2v) is 14.1. The number of benzene rings is 2. The van der Waals surface area contributed by atoms with Crippen molar-refractivity contribution in [2.75, 3.05) is 0 Å². The van der Waals surface area contributed by atoms with Crippen LogP contribution in [0.2, 0.25) is 5.02 Å². The lowest BCUT2D eigenvalue weighted by molar-refractivity contribution is -0.119. The minimum Gasteiger partial charge on any atom is -0.374 e. The molecule has 1 heterocycles. The van der Waals surface area contributed by atoms with Crippen molar-refractivity contribution in [3.63, 3.8) is 0 Å². The lowest BCUT2D eigenvalue weighted by atomic mass is 9.86. The van der Waals surface area contributed by atoms with Crippen LogP contribution in [0.3, 0.4) is 0 Å². The molecule has 46 heavy (non-hydrogen) atoms. The first kappa shape index (κ1) is 32.9. The number of aryl methyl sites for hydroxylation is 4. The van der Waals surface area contributed by atoms with Crippen LogP contribution in [0.5, 0.6) is 0 Å². The molecule has 0 atom stereocenters. The molecule has 7 heteroatoms. The quantitative estimate of drug-likeness (QED) is 0.263. The van der Waals surface area contributed by atoms with E-state index in [1.165, 1.54) is 49.7 Å². The molecular weight excluding hydrogens is 598 g/mol. The number of halogens is 1. The molecule has 7 rings (SSSR count). The number of ketones is 2. The van der Waals surface area contributed by atoms with E-state index < -0.39 is 0 Å². The van der Waals surface area contributed by atoms with E-state index in [0.717, 1.165) is 69.7 Å². The van der Waals surface area contributed by atoms with Gasteiger partial charge < -0.3 is 14.0 Å². The topological polar surface area (TPSA) is 74.6 Å². The maximum Gasteiger partial charge on any atom is 0.253 e. The van der Waals surface area contributed by atoms with Crippen LogP contribution < -0.4 is 5.56 Å². The molecular formula is C39H46ClNO5. The van der Waals surface area contributed by atoms with Crippen molar-refractivity contribution in [3.8, 4) is 11.1 Å². The SMILES string of the molecule is Cc1cc(-c2cc3c(cc2COC2CCCC2)CCC(=O)C3)cn(C)c1=O.O=C1CCc2cc(COC3CCCC3)c(Cl)cc2C1. The summed E-state index contributed by atoms with van der Waals surface area (Å²) in [6.07, 6.45) is 16.4. The Morgan fingerprint density at radius 3 is 1.78 bits per heavy atom. The van der Waals surface area contributed by atoms with Gasteiger partial charge in [-0.1, -0.05) is 55.5 Å². The number of hydrogen-bond donors (Lipinski definition) is 0. The van der Waals surface area contributed by atoms with Gasteiger partial charge in [0.2, 0.25) is 0 Å². The molecule has 0 radical (unpaired) electrons. The number of fused-ring (bicyclic) bond motifs is 2. The van der Waals surface area contributed by atoms with E-state index >= 15 is 0 Å². The molecule has 244 valence electrons. The average Bonchev–Trinajstić information content (AvgIpc) is 3.76. The van der Waals surface area contributed by atoms with Crippen molar-refractivity contribution < 1.29 is 19.1 Å². The molecule has 0 spiro atoms. The predicted molar refractivity (Wildman–Crippen MR) is 181 cm³/mol. The number of pyridine rings is 1. The molecule has 4 aliphatic carbocycles.